The molecule has 0 bridgehead atoms. The molecule has 0 spiro atoms. The first-order valence-corrected chi connectivity index (χ1v) is 8.76. The molecule has 1 fully saturated rings. The zero-order chi connectivity index (χ0) is 18.5. The number of nitrogens with zero attached hydrogens (tertiary/aromatic N) is 5. The van der Waals surface area contributed by atoms with Crippen LogP contribution in [0.2, 0.25) is 0 Å². The summed E-state index contributed by atoms with van der Waals surface area (Å²) in [5, 5.41) is 0. The standard InChI is InChI=1S/C19H25N5O2/c1-15-13-17(22(2)3)21-19(20-15)24-11-9-23(10-12-24)18(25)14-26-16-7-5-4-6-8-16/h4-8,13H,9-12,14H2,1-3H3. The average molecular weight is 355 g/mol. The van der Waals surface area contributed by atoms with Crippen LogP contribution in [0, 0.1) is 6.92 Å². The summed E-state index contributed by atoms with van der Waals surface area (Å²) in [6.45, 7) is 4.76. The van der Waals surface area contributed by atoms with Crippen molar-refractivity contribution in [1.29, 1.82) is 0 Å². The van der Waals surface area contributed by atoms with Crippen LogP contribution in [0.25, 0.3) is 0 Å². The van der Waals surface area contributed by atoms with E-state index in [9.17, 15) is 4.79 Å². The summed E-state index contributed by atoms with van der Waals surface area (Å²) in [6.07, 6.45) is 0. The molecule has 1 aliphatic rings. The van der Waals surface area contributed by atoms with Gasteiger partial charge in [0.25, 0.3) is 5.91 Å². The Hall–Kier alpha value is -2.83. The van der Waals surface area contributed by atoms with Gasteiger partial charge in [-0.2, -0.15) is 4.98 Å². The van der Waals surface area contributed by atoms with Gasteiger partial charge in [0.15, 0.2) is 6.61 Å². The Kier molecular flexibility index (Phi) is 5.55. The van der Waals surface area contributed by atoms with E-state index in [1.54, 1.807) is 0 Å². The number of hydrogen-bond acceptors (Lipinski definition) is 6. The molecule has 138 valence electrons. The van der Waals surface area contributed by atoms with Gasteiger partial charge >= 0.3 is 0 Å². The fraction of sp³-hybridized carbons (Fsp3) is 0.421. The SMILES string of the molecule is Cc1cc(N(C)C)nc(N2CCN(C(=O)COc3ccccc3)CC2)n1. The van der Waals surface area contributed by atoms with Gasteiger partial charge in [0.1, 0.15) is 11.6 Å². The van der Waals surface area contributed by atoms with E-state index in [2.05, 4.69) is 14.9 Å². The van der Waals surface area contributed by atoms with Crippen molar-refractivity contribution < 1.29 is 9.53 Å². The van der Waals surface area contributed by atoms with Crippen molar-refractivity contribution in [3.8, 4) is 5.75 Å². The number of ether oxygens (including phenoxy) is 1. The molecule has 0 atom stereocenters. The maximum atomic E-state index is 12.4. The van der Waals surface area contributed by atoms with Crippen molar-refractivity contribution in [2.45, 2.75) is 6.92 Å². The van der Waals surface area contributed by atoms with Gasteiger partial charge < -0.3 is 19.4 Å². The number of rotatable bonds is 5. The Bertz CT molecular complexity index is 743. The van der Waals surface area contributed by atoms with Crippen LogP contribution in [0.4, 0.5) is 11.8 Å². The van der Waals surface area contributed by atoms with Crippen molar-refractivity contribution in [2.75, 3.05) is 56.7 Å². The number of piperazine rings is 1. The monoisotopic (exact) mass is 355 g/mol. The Morgan fingerprint density at radius 3 is 2.46 bits per heavy atom. The molecule has 26 heavy (non-hydrogen) atoms. The van der Waals surface area contributed by atoms with E-state index in [1.165, 1.54) is 0 Å². The van der Waals surface area contributed by atoms with Crippen molar-refractivity contribution in [3.05, 3.63) is 42.1 Å². The highest BCUT2D eigenvalue weighted by Gasteiger charge is 2.23. The van der Waals surface area contributed by atoms with Crippen LogP contribution < -0.4 is 14.5 Å². The van der Waals surface area contributed by atoms with Gasteiger partial charge in [0, 0.05) is 52.0 Å². The molecular formula is C19H25N5O2. The van der Waals surface area contributed by atoms with E-state index in [0.29, 0.717) is 31.9 Å². The first-order chi connectivity index (χ1) is 12.5. The third kappa shape index (κ3) is 4.41. The Morgan fingerprint density at radius 1 is 1.12 bits per heavy atom. The predicted octanol–water partition coefficient (Wildman–Crippen LogP) is 1.58. The molecule has 7 nitrogen and oxygen atoms in total. The van der Waals surface area contributed by atoms with Gasteiger partial charge in [-0.25, -0.2) is 4.98 Å². The van der Waals surface area contributed by atoms with E-state index in [1.807, 2.05) is 67.2 Å². The highest BCUT2D eigenvalue weighted by Crippen LogP contribution is 2.17. The summed E-state index contributed by atoms with van der Waals surface area (Å²) in [4.78, 5) is 27.5. The largest absolute Gasteiger partial charge is 0.484 e. The number of aryl methyl sites for hydroxylation is 1. The second-order valence-electron chi connectivity index (χ2n) is 6.53. The maximum absolute atomic E-state index is 12.4. The number of aromatic nitrogens is 2. The zero-order valence-corrected chi connectivity index (χ0v) is 15.6. The van der Waals surface area contributed by atoms with E-state index in [4.69, 9.17) is 4.74 Å². The number of carbonyl (C=O) groups is 1. The van der Waals surface area contributed by atoms with E-state index < -0.39 is 0 Å². The fourth-order valence-corrected chi connectivity index (χ4v) is 2.82. The minimum atomic E-state index is 0.00708. The van der Waals surface area contributed by atoms with Gasteiger partial charge in [-0.05, 0) is 19.1 Å². The lowest BCUT2D eigenvalue weighted by Crippen LogP contribution is -2.50. The van der Waals surface area contributed by atoms with Gasteiger partial charge in [-0.15, -0.1) is 0 Å². The summed E-state index contributed by atoms with van der Waals surface area (Å²) in [6, 6.07) is 11.4. The topological polar surface area (TPSA) is 61.8 Å². The van der Waals surface area contributed by atoms with Crippen LogP contribution in [0.5, 0.6) is 5.75 Å². The number of para-hydroxylation sites is 1. The lowest BCUT2D eigenvalue weighted by atomic mass is 10.3. The molecule has 2 heterocycles. The molecule has 1 saturated heterocycles. The number of amides is 1. The van der Waals surface area contributed by atoms with Crippen molar-refractivity contribution in [1.82, 2.24) is 14.9 Å². The fourth-order valence-electron chi connectivity index (χ4n) is 2.82. The van der Waals surface area contributed by atoms with Gasteiger partial charge in [0.05, 0.1) is 0 Å². The Morgan fingerprint density at radius 2 is 1.81 bits per heavy atom. The molecule has 1 aromatic heterocycles. The smallest absolute Gasteiger partial charge is 0.260 e. The van der Waals surface area contributed by atoms with Crippen molar-refractivity contribution in [3.63, 3.8) is 0 Å². The third-order valence-electron chi connectivity index (χ3n) is 4.31. The van der Waals surface area contributed by atoms with E-state index >= 15 is 0 Å². The van der Waals surface area contributed by atoms with Gasteiger partial charge in [-0.1, -0.05) is 18.2 Å². The molecule has 0 unspecified atom stereocenters. The van der Waals surface area contributed by atoms with Crippen molar-refractivity contribution in [2.24, 2.45) is 0 Å². The minimum absolute atomic E-state index is 0.00708. The molecule has 2 aromatic rings. The lowest BCUT2D eigenvalue weighted by Gasteiger charge is -2.35. The first kappa shape index (κ1) is 18.0. The van der Waals surface area contributed by atoms with Gasteiger partial charge in [0.2, 0.25) is 5.95 Å². The number of anilines is 2. The van der Waals surface area contributed by atoms with Crippen LogP contribution in [-0.2, 0) is 4.79 Å². The zero-order valence-electron chi connectivity index (χ0n) is 15.6. The first-order valence-electron chi connectivity index (χ1n) is 8.76. The van der Waals surface area contributed by atoms with E-state index in [-0.39, 0.29) is 12.5 Å². The summed E-state index contributed by atoms with van der Waals surface area (Å²) in [7, 11) is 3.93. The number of carbonyl (C=O) groups excluding carboxylic acids is 1. The Labute approximate surface area is 154 Å². The second kappa shape index (κ2) is 8.03. The summed E-state index contributed by atoms with van der Waals surface area (Å²) in [5.74, 6) is 2.33. The molecule has 0 N–H and O–H groups in total. The Balaban J connectivity index is 1.55. The quantitative estimate of drug-likeness (QED) is 0.812. The molecule has 1 aromatic carbocycles. The third-order valence-corrected chi connectivity index (χ3v) is 4.31. The highest BCUT2D eigenvalue weighted by atomic mass is 16.5. The predicted molar refractivity (Wildman–Crippen MR) is 102 cm³/mol. The van der Waals surface area contributed by atoms with Crippen LogP contribution in [0.3, 0.4) is 0 Å². The summed E-state index contributed by atoms with van der Waals surface area (Å²) in [5.41, 5.74) is 0.938. The number of benzene rings is 1. The summed E-state index contributed by atoms with van der Waals surface area (Å²) < 4.78 is 5.56. The van der Waals surface area contributed by atoms with Crippen LogP contribution in [0.15, 0.2) is 36.4 Å². The molecule has 1 amide bonds. The summed E-state index contributed by atoms with van der Waals surface area (Å²) >= 11 is 0. The van der Waals surface area contributed by atoms with Crippen LogP contribution in [-0.4, -0.2) is 67.7 Å². The molecule has 0 radical (unpaired) electrons. The maximum Gasteiger partial charge on any atom is 0.260 e. The lowest BCUT2D eigenvalue weighted by molar-refractivity contribution is -0.133. The molecule has 7 heteroatoms. The molecule has 0 saturated carbocycles. The second-order valence-corrected chi connectivity index (χ2v) is 6.53. The normalized spacial score (nSPS) is 14.3. The highest BCUT2D eigenvalue weighted by molar-refractivity contribution is 5.78. The van der Waals surface area contributed by atoms with Crippen molar-refractivity contribution >= 4 is 17.7 Å². The molecule has 3 rings (SSSR count). The minimum Gasteiger partial charge on any atom is -0.484 e. The molecular weight excluding hydrogens is 330 g/mol. The van der Waals surface area contributed by atoms with Crippen LogP contribution in [0.1, 0.15) is 5.69 Å². The van der Waals surface area contributed by atoms with Gasteiger partial charge in [-0.3, -0.25) is 4.79 Å². The van der Waals surface area contributed by atoms with Crippen LogP contribution >= 0.6 is 0 Å². The average Bonchev–Trinajstić information content (AvgIpc) is 2.66. The molecule has 0 aliphatic carbocycles. The number of hydrogen-bond donors (Lipinski definition) is 0. The molecule has 1 aliphatic heterocycles. The van der Waals surface area contributed by atoms with E-state index in [0.717, 1.165) is 17.5 Å².